The number of nitrogens with one attached hydrogen (secondary N) is 1. The molecular formula is C23H19ClFN5O. The van der Waals surface area contributed by atoms with Crippen LogP contribution in [0.15, 0.2) is 60.9 Å². The van der Waals surface area contributed by atoms with Gasteiger partial charge in [-0.2, -0.15) is 0 Å². The predicted octanol–water partition coefficient (Wildman–Crippen LogP) is 5.06. The molecule has 1 aliphatic heterocycles. The average Bonchev–Trinajstić information content (AvgIpc) is 2.81. The second kappa shape index (κ2) is 8.45. The number of ether oxygens (including phenoxy) is 1. The number of para-hydroxylation sites is 1. The molecule has 5 rings (SSSR count). The van der Waals surface area contributed by atoms with Gasteiger partial charge in [-0.25, -0.2) is 19.3 Å². The van der Waals surface area contributed by atoms with Crippen molar-refractivity contribution in [2.24, 2.45) is 0 Å². The maximum atomic E-state index is 14.5. The van der Waals surface area contributed by atoms with Gasteiger partial charge in [0.15, 0.2) is 0 Å². The molecule has 156 valence electrons. The third kappa shape index (κ3) is 4.15. The van der Waals surface area contributed by atoms with Crippen LogP contribution >= 0.6 is 11.6 Å². The minimum absolute atomic E-state index is 0.354. The summed E-state index contributed by atoms with van der Waals surface area (Å²) in [5, 5.41) is 4.46. The SMILES string of the molecule is Fc1ccc(Cl)cc1-c1cccc2cnc(Nc3ccc(N4CCOCC4)nc3)nc12. The molecule has 31 heavy (non-hydrogen) atoms. The number of benzene rings is 2. The van der Waals surface area contributed by atoms with Gasteiger partial charge in [-0.1, -0.05) is 29.8 Å². The van der Waals surface area contributed by atoms with Crippen molar-refractivity contribution in [2.45, 2.75) is 0 Å². The molecule has 2 aromatic carbocycles. The number of pyridine rings is 1. The number of nitrogens with zero attached hydrogens (tertiary/aromatic N) is 4. The molecule has 0 aliphatic carbocycles. The lowest BCUT2D eigenvalue weighted by Gasteiger charge is -2.27. The Morgan fingerprint density at radius 3 is 2.65 bits per heavy atom. The summed E-state index contributed by atoms with van der Waals surface area (Å²) in [6, 6.07) is 14.0. The van der Waals surface area contributed by atoms with E-state index in [1.807, 2.05) is 30.3 Å². The van der Waals surface area contributed by atoms with Gasteiger partial charge in [0.2, 0.25) is 5.95 Å². The number of aromatic nitrogens is 3. The van der Waals surface area contributed by atoms with Crippen molar-refractivity contribution < 1.29 is 9.13 Å². The van der Waals surface area contributed by atoms with Crippen molar-refractivity contribution in [2.75, 3.05) is 36.5 Å². The van der Waals surface area contributed by atoms with E-state index in [1.54, 1.807) is 18.5 Å². The van der Waals surface area contributed by atoms with Crippen molar-refractivity contribution in [1.29, 1.82) is 0 Å². The maximum Gasteiger partial charge on any atom is 0.227 e. The van der Waals surface area contributed by atoms with Crippen LogP contribution in [0.4, 0.5) is 21.8 Å². The summed E-state index contributed by atoms with van der Waals surface area (Å²) in [5.74, 6) is 0.961. The molecule has 0 spiro atoms. The van der Waals surface area contributed by atoms with Crippen LogP contribution in [0.25, 0.3) is 22.0 Å². The van der Waals surface area contributed by atoms with Crippen molar-refractivity contribution in [3.05, 3.63) is 71.8 Å². The van der Waals surface area contributed by atoms with Crippen LogP contribution in [0, 0.1) is 5.82 Å². The van der Waals surface area contributed by atoms with Gasteiger partial charge in [-0.15, -0.1) is 0 Å². The first-order valence-electron chi connectivity index (χ1n) is 9.94. The van der Waals surface area contributed by atoms with Crippen molar-refractivity contribution in [3.63, 3.8) is 0 Å². The third-order valence-electron chi connectivity index (χ3n) is 5.17. The minimum Gasteiger partial charge on any atom is -0.378 e. The van der Waals surface area contributed by atoms with Gasteiger partial charge in [0, 0.05) is 40.8 Å². The molecule has 4 aromatic rings. The molecule has 0 unspecified atom stereocenters. The second-order valence-electron chi connectivity index (χ2n) is 7.19. The highest BCUT2D eigenvalue weighted by atomic mass is 35.5. The first kappa shape index (κ1) is 19.7. The van der Waals surface area contributed by atoms with Gasteiger partial charge >= 0.3 is 0 Å². The van der Waals surface area contributed by atoms with Crippen LogP contribution in [-0.4, -0.2) is 41.3 Å². The monoisotopic (exact) mass is 435 g/mol. The molecule has 2 aromatic heterocycles. The molecule has 0 radical (unpaired) electrons. The van der Waals surface area contributed by atoms with E-state index in [2.05, 4.69) is 25.2 Å². The zero-order valence-corrected chi connectivity index (χ0v) is 17.3. The zero-order chi connectivity index (χ0) is 21.2. The largest absolute Gasteiger partial charge is 0.378 e. The van der Waals surface area contributed by atoms with Crippen molar-refractivity contribution in [1.82, 2.24) is 15.0 Å². The smallest absolute Gasteiger partial charge is 0.227 e. The van der Waals surface area contributed by atoms with Gasteiger partial charge in [-0.3, -0.25) is 0 Å². The van der Waals surface area contributed by atoms with Crippen LogP contribution in [0.3, 0.4) is 0 Å². The molecule has 1 fully saturated rings. The number of halogens is 2. The summed E-state index contributed by atoms with van der Waals surface area (Å²) in [5.41, 5.74) is 2.46. The van der Waals surface area contributed by atoms with Gasteiger partial charge in [0.1, 0.15) is 11.6 Å². The molecule has 1 N–H and O–H groups in total. The Bertz CT molecular complexity index is 1230. The lowest BCUT2D eigenvalue weighted by Crippen LogP contribution is -2.36. The van der Waals surface area contributed by atoms with E-state index in [0.29, 0.717) is 40.8 Å². The van der Waals surface area contributed by atoms with Gasteiger partial charge in [0.05, 0.1) is 30.6 Å². The number of morpholine rings is 1. The summed E-state index contributed by atoms with van der Waals surface area (Å²) in [6.45, 7) is 3.08. The van der Waals surface area contributed by atoms with Crippen LogP contribution in [0.1, 0.15) is 0 Å². The molecule has 8 heteroatoms. The van der Waals surface area contributed by atoms with E-state index in [0.717, 1.165) is 30.0 Å². The Hall–Kier alpha value is -3.29. The molecule has 0 atom stereocenters. The second-order valence-corrected chi connectivity index (χ2v) is 7.63. The molecule has 0 bridgehead atoms. The van der Waals surface area contributed by atoms with Crippen molar-refractivity contribution in [3.8, 4) is 11.1 Å². The van der Waals surface area contributed by atoms with Gasteiger partial charge < -0.3 is 15.0 Å². The Labute approximate surface area is 183 Å². The van der Waals surface area contributed by atoms with E-state index in [4.69, 9.17) is 16.3 Å². The Morgan fingerprint density at radius 1 is 0.968 bits per heavy atom. The highest BCUT2D eigenvalue weighted by Crippen LogP contribution is 2.31. The summed E-state index contributed by atoms with van der Waals surface area (Å²) in [4.78, 5) is 15.8. The number of anilines is 3. The Kier molecular flexibility index (Phi) is 5.36. The molecular weight excluding hydrogens is 417 g/mol. The maximum absolute atomic E-state index is 14.5. The fourth-order valence-corrected chi connectivity index (χ4v) is 3.78. The summed E-state index contributed by atoms with van der Waals surface area (Å²) in [7, 11) is 0. The summed E-state index contributed by atoms with van der Waals surface area (Å²) < 4.78 is 19.9. The topological polar surface area (TPSA) is 63.2 Å². The predicted molar refractivity (Wildman–Crippen MR) is 120 cm³/mol. The van der Waals surface area contributed by atoms with Crippen LogP contribution in [0.5, 0.6) is 0 Å². The summed E-state index contributed by atoms with van der Waals surface area (Å²) >= 11 is 6.10. The lowest BCUT2D eigenvalue weighted by molar-refractivity contribution is 0.122. The molecule has 6 nitrogen and oxygen atoms in total. The third-order valence-corrected chi connectivity index (χ3v) is 5.40. The van der Waals surface area contributed by atoms with Crippen LogP contribution in [-0.2, 0) is 4.74 Å². The first-order valence-corrected chi connectivity index (χ1v) is 10.3. The Balaban J connectivity index is 1.45. The van der Waals surface area contributed by atoms with Gasteiger partial charge in [0.25, 0.3) is 0 Å². The van der Waals surface area contributed by atoms with E-state index in [-0.39, 0.29) is 5.82 Å². The lowest BCUT2D eigenvalue weighted by atomic mass is 10.0. The van der Waals surface area contributed by atoms with Crippen molar-refractivity contribution >= 4 is 40.0 Å². The summed E-state index contributed by atoms with van der Waals surface area (Å²) in [6.07, 6.45) is 3.47. The molecule has 1 aliphatic rings. The van der Waals surface area contributed by atoms with E-state index in [9.17, 15) is 4.39 Å². The number of hydrogen-bond donors (Lipinski definition) is 1. The molecule has 0 amide bonds. The molecule has 3 heterocycles. The highest BCUT2D eigenvalue weighted by molar-refractivity contribution is 6.30. The number of hydrogen-bond acceptors (Lipinski definition) is 6. The number of rotatable bonds is 4. The van der Waals surface area contributed by atoms with Crippen LogP contribution < -0.4 is 10.2 Å². The first-order chi connectivity index (χ1) is 15.2. The van der Waals surface area contributed by atoms with E-state index >= 15 is 0 Å². The standard InChI is InChI=1S/C23H19ClFN5O/c24-16-4-6-20(25)19(12-16)18-3-1-2-15-13-27-23(29-22(15)18)28-17-5-7-21(26-14-17)30-8-10-31-11-9-30/h1-7,12-14H,8-11H2,(H,27,28,29). The highest BCUT2D eigenvalue weighted by Gasteiger charge is 2.14. The van der Waals surface area contributed by atoms with Crippen LogP contribution in [0.2, 0.25) is 5.02 Å². The fourth-order valence-electron chi connectivity index (χ4n) is 3.61. The quantitative estimate of drug-likeness (QED) is 0.483. The normalized spacial score (nSPS) is 14.1. The minimum atomic E-state index is -0.354. The Morgan fingerprint density at radius 2 is 1.84 bits per heavy atom. The zero-order valence-electron chi connectivity index (χ0n) is 16.6. The molecule has 0 saturated carbocycles. The van der Waals surface area contributed by atoms with E-state index in [1.165, 1.54) is 12.1 Å². The van der Waals surface area contributed by atoms with E-state index < -0.39 is 0 Å². The van der Waals surface area contributed by atoms with Gasteiger partial charge in [-0.05, 0) is 30.3 Å². The number of fused-ring (bicyclic) bond motifs is 1. The fraction of sp³-hybridized carbons (Fsp3) is 0.174. The molecule has 1 saturated heterocycles. The average molecular weight is 436 g/mol.